The zero-order valence-corrected chi connectivity index (χ0v) is 17.0. The number of hydrogen-bond acceptors (Lipinski definition) is 3. The molecule has 0 atom stereocenters. The van der Waals surface area contributed by atoms with Crippen LogP contribution in [0, 0.1) is 12.7 Å². The van der Waals surface area contributed by atoms with Crippen molar-refractivity contribution in [3.05, 3.63) is 91.9 Å². The van der Waals surface area contributed by atoms with Crippen molar-refractivity contribution >= 4 is 11.7 Å². The van der Waals surface area contributed by atoms with E-state index in [0.29, 0.717) is 5.56 Å². The molecule has 6 nitrogen and oxygen atoms in total. The molecule has 0 fully saturated rings. The van der Waals surface area contributed by atoms with E-state index in [0.717, 1.165) is 12.1 Å². The first kappa shape index (κ1) is 23.3. The second-order valence-electron chi connectivity index (χ2n) is 7.51. The minimum atomic E-state index is -6.11. The zero-order valence-electron chi connectivity index (χ0n) is 17.0. The minimum Gasteiger partial charge on any atom is -0.273 e. The number of rotatable bonds is 2. The first-order valence-electron chi connectivity index (χ1n) is 9.55. The summed E-state index contributed by atoms with van der Waals surface area (Å²) in [6.07, 6.45) is -12.2. The molecular formula is C21H14F7N4O2+. The Hall–Kier alpha value is -3.90. The van der Waals surface area contributed by atoms with Crippen LogP contribution in [0.3, 0.4) is 0 Å². The van der Waals surface area contributed by atoms with Crippen LogP contribution in [-0.2, 0) is 5.54 Å². The number of hydrogen-bond donors (Lipinski definition) is 3. The van der Waals surface area contributed by atoms with E-state index >= 15 is 0 Å². The Bertz CT molecular complexity index is 1400. The van der Waals surface area contributed by atoms with Gasteiger partial charge in [-0.2, -0.15) is 26.3 Å². The predicted octanol–water partition coefficient (Wildman–Crippen LogP) is 2.25. The Morgan fingerprint density at radius 1 is 0.912 bits per heavy atom. The fraction of sp³-hybridized carbons (Fsp3) is 0.190. The molecule has 13 heteroatoms. The van der Waals surface area contributed by atoms with E-state index in [1.54, 1.807) is 6.92 Å². The number of aryl methyl sites for hydroxylation is 1. The molecule has 1 aliphatic heterocycles. The summed E-state index contributed by atoms with van der Waals surface area (Å²) >= 11 is 0. The molecule has 0 radical (unpaired) electrons. The summed E-state index contributed by atoms with van der Waals surface area (Å²) in [5, 5.41) is 2.29. The van der Waals surface area contributed by atoms with Crippen LogP contribution in [0.1, 0.15) is 16.7 Å². The number of nitrogens with one attached hydrogen (secondary N) is 3. The number of nitrogens with zero attached hydrogens (tertiary/aromatic N) is 1. The van der Waals surface area contributed by atoms with Crippen LogP contribution in [-0.4, -0.2) is 27.7 Å². The van der Waals surface area contributed by atoms with Crippen molar-refractivity contribution in [2.75, 3.05) is 5.32 Å². The largest absolute Gasteiger partial charge is 0.446 e. The number of alkyl halides is 6. The standard InChI is InChI=1S/C21H13F7N4O2/c1-10-6-8-11(9-7-10)15-29-16-14(19(31-15,20(23,24)25)21(26,27)28)17(33)30-18(34)32(16)13-5-3-2-4-12(13)22/h2-9H,1H3,(H,29,31)(H,30,33,34)/p+1. The summed E-state index contributed by atoms with van der Waals surface area (Å²) in [4.78, 5) is 27.9. The number of aromatic amines is 1. The number of halogens is 7. The molecule has 4 rings (SSSR count). The lowest BCUT2D eigenvalue weighted by Crippen LogP contribution is -2.97. The summed E-state index contributed by atoms with van der Waals surface area (Å²) in [5.74, 6) is -3.10. The highest BCUT2D eigenvalue weighted by molar-refractivity contribution is 6.05. The molecule has 0 saturated carbocycles. The van der Waals surface area contributed by atoms with Gasteiger partial charge >= 0.3 is 23.6 Å². The molecule has 34 heavy (non-hydrogen) atoms. The van der Waals surface area contributed by atoms with E-state index in [9.17, 15) is 40.3 Å². The van der Waals surface area contributed by atoms with Crippen LogP contribution in [0.4, 0.5) is 36.6 Å². The first-order chi connectivity index (χ1) is 15.8. The van der Waals surface area contributed by atoms with Gasteiger partial charge in [0.1, 0.15) is 11.4 Å². The number of fused-ring (bicyclic) bond motifs is 1. The lowest BCUT2D eigenvalue weighted by Gasteiger charge is -2.35. The van der Waals surface area contributed by atoms with Crippen molar-refractivity contribution in [1.29, 1.82) is 0 Å². The summed E-state index contributed by atoms with van der Waals surface area (Å²) in [7, 11) is 0. The quantitative estimate of drug-likeness (QED) is 0.486. The highest BCUT2D eigenvalue weighted by Gasteiger charge is 2.78. The van der Waals surface area contributed by atoms with E-state index < -0.39 is 57.9 Å². The smallest absolute Gasteiger partial charge is 0.273 e. The van der Waals surface area contributed by atoms with Gasteiger partial charge in [-0.05, 0) is 31.2 Å². The molecule has 1 aliphatic rings. The highest BCUT2D eigenvalue weighted by Crippen LogP contribution is 2.48. The fourth-order valence-electron chi connectivity index (χ4n) is 3.72. The number of H-pyrrole nitrogens is 1. The second-order valence-corrected chi connectivity index (χ2v) is 7.51. The van der Waals surface area contributed by atoms with Gasteiger partial charge in [-0.15, -0.1) is 0 Å². The number of benzene rings is 2. The predicted molar refractivity (Wildman–Crippen MR) is 106 cm³/mol. The molecule has 1 aromatic heterocycles. The van der Waals surface area contributed by atoms with Crippen molar-refractivity contribution in [3.8, 4) is 5.69 Å². The van der Waals surface area contributed by atoms with Crippen molar-refractivity contribution in [3.63, 3.8) is 0 Å². The Morgan fingerprint density at radius 2 is 1.50 bits per heavy atom. The molecule has 0 spiro atoms. The van der Waals surface area contributed by atoms with Gasteiger partial charge in [-0.3, -0.25) is 9.78 Å². The van der Waals surface area contributed by atoms with Gasteiger partial charge in [0.2, 0.25) is 5.82 Å². The van der Waals surface area contributed by atoms with E-state index in [-0.39, 0.29) is 10.1 Å². The third-order valence-electron chi connectivity index (χ3n) is 5.33. The van der Waals surface area contributed by atoms with Gasteiger partial charge < -0.3 is 0 Å². The average molecular weight is 487 g/mol. The molecule has 3 aromatic rings. The van der Waals surface area contributed by atoms with Gasteiger partial charge in [0.25, 0.3) is 11.4 Å². The van der Waals surface area contributed by atoms with Gasteiger partial charge in [-0.1, -0.05) is 29.8 Å². The maximum absolute atomic E-state index is 14.5. The monoisotopic (exact) mass is 487 g/mol. The Balaban J connectivity index is 2.20. The van der Waals surface area contributed by atoms with Crippen LogP contribution < -0.4 is 21.6 Å². The van der Waals surface area contributed by atoms with E-state index in [4.69, 9.17) is 0 Å². The summed E-state index contributed by atoms with van der Waals surface area (Å²) < 4.78 is 100. The topological polar surface area (TPSA) is 80.9 Å². The van der Waals surface area contributed by atoms with Crippen LogP contribution >= 0.6 is 0 Å². The molecule has 2 heterocycles. The first-order valence-corrected chi connectivity index (χ1v) is 9.55. The van der Waals surface area contributed by atoms with E-state index in [1.807, 2.05) is 0 Å². The summed E-state index contributed by atoms with van der Waals surface area (Å²) in [5.41, 5.74) is -10.3. The number of amidine groups is 1. The van der Waals surface area contributed by atoms with Crippen LogP contribution in [0.15, 0.2) is 58.1 Å². The van der Waals surface area contributed by atoms with Gasteiger partial charge in [0.15, 0.2) is 0 Å². The lowest BCUT2D eigenvalue weighted by atomic mass is 9.87. The fourth-order valence-corrected chi connectivity index (χ4v) is 3.72. The molecule has 3 N–H and O–H groups in total. The third-order valence-corrected chi connectivity index (χ3v) is 5.33. The zero-order chi connectivity index (χ0) is 25.1. The second kappa shape index (κ2) is 7.57. The van der Waals surface area contributed by atoms with E-state index in [2.05, 4.69) is 5.32 Å². The third kappa shape index (κ3) is 3.38. The van der Waals surface area contributed by atoms with Crippen LogP contribution in [0.5, 0.6) is 0 Å². The molecule has 0 aliphatic carbocycles. The van der Waals surface area contributed by atoms with E-state index in [1.165, 1.54) is 46.4 Å². The molecule has 0 amide bonds. The molecule has 0 saturated heterocycles. The number of para-hydroxylation sites is 1. The number of anilines is 1. The normalized spacial score (nSPS) is 15.4. The molecule has 178 valence electrons. The van der Waals surface area contributed by atoms with Crippen LogP contribution in [0.25, 0.3) is 5.69 Å². The van der Waals surface area contributed by atoms with Crippen molar-refractivity contribution in [2.24, 2.45) is 0 Å². The summed E-state index contributed by atoms with van der Waals surface area (Å²) in [6.45, 7) is 1.65. The Morgan fingerprint density at radius 3 is 2.06 bits per heavy atom. The maximum Gasteiger partial charge on any atom is 0.446 e. The minimum absolute atomic E-state index is 0.137. The van der Waals surface area contributed by atoms with Crippen molar-refractivity contribution < 1.29 is 35.7 Å². The molecule has 2 aromatic carbocycles. The molecule has 0 unspecified atom stereocenters. The Labute approximate surface area is 185 Å². The molecule has 0 bridgehead atoms. The maximum atomic E-state index is 14.5. The average Bonchev–Trinajstić information content (AvgIpc) is 2.73. The number of aromatic nitrogens is 2. The summed E-state index contributed by atoms with van der Waals surface area (Å²) in [6, 6.07) is 9.60. The Kier molecular flexibility index (Phi) is 5.18. The van der Waals surface area contributed by atoms with Crippen molar-refractivity contribution in [1.82, 2.24) is 9.55 Å². The molecular weight excluding hydrogens is 473 g/mol. The van der Waals surface area contributed by atoms with Crippen molar-refractivity contribution in [2.45, 2.75) is 24.8 Å². The van der Waals surface area contributed by atoms with Gasteiger partial charge in [0, 0.05) is 0 Å². The SMILES string of the molecule is Cc1ccc(C2=[NH+]C(C(F)(F)F)(C(F)(F)F)c3c(n(-c4ccccc4F)c(=O)[nH]c3=O)N2)cc1. The van der Waals surface area contributed by atoms with Crippen LogP contribution in [0.2, 0.25) is 0 Å². The lowest BCUT2D eigenvalue weighted by molar-refractivity contribution is -0.658. The highest BCUT2D eigenvalue weighted by atomic mass is 19.4. The van der Waals surface area contributed by atoms with Gasteiger partial charge in [-0.25, -0.2) is 24.1 Å². The van der Waals surface area contributed by atoms with Gasteiger partial charge in [0.05, 0.1) is 11.3 Å².